The second-order valence-corrected chi connectivity index (χ2v) is 5.21. The maximum Gasteiger partial charge on any atom is 0.115 e. The number of aliphatic hydroxyl groups excluding tert-OH is 1. The van der Waals surface area contributed by atoms with Crippen LogP contribution < -0.4 is 5.32 Å². The van der Waals surface area contributed by atoms with Crippen LogP contribution >= 0.6 is 0 Å². The molecule has 21 heavy (non-hydrogen) atoms. The van der Waals surface area contributed by atoms with E-state index in [9.17, 15) is 5.11 Å². The van der Waals surface area contributed by atoms with Crippen LogP contribution in [0, 0.1) is 5.92 Å². The molecular weight excluding hydrogens is 260 g/mol. The highest BCUT2D eigenvalue weighted by atomic mass is 16.3. The topological polar surface area (TPSA) is 35.5 Å². The Morgan fingerprint density at radius 1 is 1.33 bits per heavy atom. The van der Waals surface area contributed by atoms with Gasteiger partial charge in [-0.1, -0.05) is 43.7 Å². The predicted octanol–water partition coefficient (Wildman–Crippen LogP) is 3.47. The molecule has 0 amide bonds. The van der Waals surface area contributed by atoms with Crippen molar-refractivity contribution in [1.29, 1.82) is 0 Å². The Bertz CT molecular complexity index is 381. The van der Waals surface area contributed by atoms with Crippen molar-refractivity contribution in [2.75, 3.05) is 26.9 Å². The third kappa shape index (κ3) is 9.27. The number of nitrogens with zero attached hydrogens (tertiary/aromatic N) is 1. The van der Waals surface area contributed by atoms with E-state index in [1.807, 2.05) is 18.9 Å². The van der Waals surface area contributed by atoms with E-state index in [0.29, 0.717) is 5.92 Å². The van der Waals surface area contributed by atoms with E-state index in [0.717, 1.165) is 25.2 Å². The number of nitrogens with one attached hydrogen (secondary N) is 1. The lowest BCUT2D eigenvalue weighted by atomic mass is 10.1. The number of hydrogen-bond donors (Lipinski definition) is 2. The summed E-state index contributed by atoms with van der Waals surface area (Å²) >= 11 is 0. The van der Waals surface area contributed by atoms with Gasteiger partial charge in [-0.05, 0) is 45.4 Å². The van der Waals surface area contributed by atoms with Gasteiger partial charge in [0, 0.05) is 18.8 Å². The molecule has 3 heteroatoms. The smallest absolute Gasteiger partial charge is 0.115 e. The molecule has 0 heterocycles. The maximum absolute atomic E-state index is 9.59. The highest BCUT2D eigenvalue weighted by molar-refractivity contribution is 5.26. The molecule has 0 saturated carbocycles. The van der Waals surface area contributed by atoms with Crippen molar-refractivity contribution in [1.82, 2.24) is 10.2 Å². The highest BCUT2D eigenvalue weighted by Crippen LogP contribution is 2.11. The summed E-state index contributed by atoms with van der Waals surface area (Å²) in [6, 6.07) is 0. The molecule has 0 aliphatic heterocycles. The molecule has 0 aromatic rings. The zero-order valence-corrected chi connectivity index (χ0v) is 14.3. The third-order valence-electron chi connectivity index (χ3n) is 3.30. The molecule has 0 aliphatic rings. The van der Waals surface area contributed by atoms with Crippen molar-refractivity contribution < 1.29 is 5.11 Å². The largest absolute Gasteiger partial charge is 0.376 e. The van der Waals surface area contributed by atoms with Crippen LogP contribution in [0.1, 0.15) is 34.1 Å². The maximum atomic E-state index is 9.59. The average molecular weight is 292 g/mol. The first-order valence-electron chi connectivity index (χ1n) is 7.77. The van der Waals surface area contributed by atoms with Crippen LogP contribution in [0.4, 0.5) is 0 Å². The normalized spacial score (nSPS) is 15.1. The van der Waals surface area contributed by atoms with Crippen LogP contribution in [0.25, 0.3) is 0 Å². The van der Waals surface area contributed by atoms with Gasteiger partial charge in [0.05, 0.1) is 0 Å². The van der Waals surface area contributed by atoms with Crippen LogP contribution in [0.3, 0.4) is 0 Å². The van der Waals surface area contributed by atoms with Gasteiger partial charge in [-0.3, -0.25) is 0 Å². The molecule has 2 N–H and O–H groups in total. The van der Waals surface area contributed by atoms with Crippen LogP contribution in [-0.4, -0.2) is 36.9 Å². The lowest BCUT2D eigenvalue weighted by Gasteiger charge is -2.23. The summed E-state index contributed by atoms with van der Waals surface area (Å²) in [6.45, 7) is 10.1. The van der Waals surface area contributed by atoms with Crippen LogP contribution in [-0.2, 0) is 0 Å². The molecule has 0 saturated heterocycles. The quantitative estimate of drug-likeness (QED) is 0.368. The van der Waals surface area contributed by atoms with Gasteiger partial charge in [-0.15, -0.1) is 0 Å². The molecule has 1 unspecified atom stereocenters. The fourth-order valence-corrected chi connectivity index (χ4v) is 1.82. The number of allylic oxidation sites excluding steroid dienone is 7. The van der Waals surface area contributed by atoms with E-state index in [1.165, 1.54) is 5.57 Å². The Kier molecular flexibility index (Phi) is 11.6. The minimum atomic E-state index is 0.0270. The lowest BCUT2D eigenvalue weighted by molar-refractivity contribution is 0.144. The number of hydrogen-bond acceptors (Lipinski definition) is 3. The molecule has 0 spiro atoms. The SMILES string of the molecule is C/C=C\C(C)/C=C/C=C(\C=C(\C)CC)N(CO)CCNC. The predicted molar refractivity (Wildman–Crippen MR) is 93.0 cm³/mol. The Balaban J connectivity index is 5.10. The zero-order valence-electron chi connectivity index (χ0n) is 14.3. The second kappa shape index (κ2) is 12.4. The summed E-state index contributed by atoms with van der Waals surface area (Å²) < 4.78 is 0. The van der Waals surface area contributed by atoms with Crippen molar-refractivity contribution in [3.05, 3.63) is 47.7 Å². The standard InChI is InChI=1S/C18H32N2O/c1-6-9-17(4)10-8-11-18(14-16(3)7-2)20(15-21)13-12-19-5/h6,8-11,14,17,19,21H,7,12-13,15H2,1-5H3/b9-6-,10-8+,16-14-,18-11+. The number of rotatable bonds is 10. The molecule has 0 fully saturated rings. The van der Waals surface area contributed by atoms with Gasteiger partial charge in [0.2, 0.25) is 0 Å². The van der Waals surface area contributed by atoms with Crippen LogP contribution in [0.15, 0.2) is 47.7 Å². The average Bonchev–Trinajstić information content (AvgIpc) is 2.47. The minimum absolute atomic E-state index is 0.0270. The Hall–Kier alpha value is -1.32. The summed E-state index contributed by atoms with van der Waals surface area (Å²) in [5.74, 6) is 0.420. The molecule has 0 bridgehead atoms. The van der Waals surface area contributed by atoms with Crippen molar-refractivity contribution >= 4 is 0 Å². The van der Waals surface area contributed by atoms with E-state index in [1.54, 1.807) is 0 Å². The van der Waals surface area contributed by atoms with E-state index < -0.39 is 0 Å². The molecule has 0 rings (SSSR count). The lowest BCUT2D eigenvalue weighted by Crippen LogP contribution is -2.30. The fraction of sp³-hybridized carbons (Fsp3) is 0.556. The van der Waals surface area contributed by atoms with Crippen molar-refractivity contribution in [3.63, 3.8) is 0 Å². The Morgan fingerprint density at radius 3 is 2.57 bits per heavy atom. The summed E-state index contributed by atoms with van der Waals surface area (Å²) in [5.41, 5.74) is 2.36. The minimum Gasteiger partial charge on any atom is -0.376 e. The molecule has 0 radical (unpaired) electrons. The van der Waals surface area contributed by atoms with Gasteiger partial charge in [0.1, 0.15) is 6.73 Å². The zero-order chi connectivity index (χ0) is 16.1. The van der Waals surface area contributed by atoms with Gasteiger partial charge < -0.3 is 15.3 Å². The molecule has 0 aromatic carbocycles. The van der Waals surface area contributed by atoms with Gasteiger partial charge in [-0.25, -0.2) is 0 Å². The highest BCUT2D eigenvalue weighted by Gasteiger charge is 2.05. The van der Waals surface area contributed by atoms with E-state index in [-0.39, 0.29) is 6.73 Å². The molecule has 3 nitrogen and oxygen atoms in total. The first kappa shape index (κ1) is 19.7. The molecule has 0 aliphatic carbocycles. The van der Waals surface area contributed by atoms with Gasteiger partial charge in [0.25, 0.3) is 0 Å². The summed E-state index contributed by atoms with van der Waals surface area (Å²) in [4.78, 5) is 1.97. The number of likely N-dealkylation sites (N-methyl/N-ethyl adjacent to an activating group) is 1. The van der Waals surface area contributed by atoms with Gasteiger partial charge >= 0.3 is 0 Å². The van der Waals surface area contributed by atoms with Crippen molar-refractivity contribution in [3.8, 4) is 0 Å². The van der Waals surface area contributed by atoms with Crippen molar-refractivity contribution in [2.45, 2.75) is 34.1 Å². The molecule has 120 valence electrons. The summed E-state index contributed by atoms with van der Waals surface area (Å²) in [7, 11) is 1.92. The fourth-order valence-electron chi connectivity index (χ4n) is 1.82. The van der Waals surface area contributed by atoms with Crippen LogP contribution in [0.5, 0.6) is 0 Å². The Labute approximate surface area is 130 Å². The van der Waals surface area contributed by atoms with E-state index >= 15 is 0 Å². The Morgan fingerprint density at radius 2 is 2.05 bits per heavy atom. The first-order valence-corrected chi connectivity index (χ1v) is 7.77. The van der Waals surface area contributed by atoms with Gasteiger partial charge in [-0.2, -0.15) is 0 Å². The molecular formula is C18H32N2O. The second-order valence-electron chi connectivity index (χ2n) is 5.21. The van der Waals surface area contributed by atoms with E-state index in [2.05, 4.69) is 62.5 Å². The van der Waals surface area contributed by atoms with Crippen molar-refractivity contribution in [2.24, 2.45) is 5.92 Å². The van der Waals surface area contributed by atoms with Gasteiger partial charge in [0.15, 0.2) is 0 Å². The van der Waals surface area contributed by atoms with Crippen LogP contribution in [0.2, 0.25) is 0 Å². The van der Waals surface area contributed by atoms with E-state index in [4.69, 9.17) is 0 Å². The summed E-state index contributed by atoms with van der Waals surface area (Å²) in [6.07, 6.45) is 13.7. The summed E-state index contributed by atoms with van der Waals surface area (Å²) in [5, 5.41) is 12.7. The number of aliphatic hydroxyl groups is 1. The third-order valence-corrected chi connectivity index (χ3v) is 3.30. The first-order chi connectivity index (χ1) is 10.1. The molecule has 1 atom stereocenters. The molecule has 0 aromatic heterocycles. The monoisotopic (exact) mass is 292 g/mol.